The third-order valence-electron chi connectivity index (χ3n) is 3.39. The van der Waals surface area contributed by atoms with Crippen molar-refractivity contribution in [2.24, 2.45) is 0 Å². The van der Waals surface area contributed by atoms with Gasteiger partial charge in [-0.3, -0.25) is 4.79 Å². The number of hydrogen-bond donors (Lipinski definition) is 1. The molecular weight excluding hydrogens is 344 g/mol. The van der Waals surface area contributed by atoms with Crippen LogP contribution in [0.3, 0.4) is 0 Å². The second kappa shape index (κ2) is 8.27. The molecule has 0 saturated carbocycles. The molecule has 6 nitrogen and oxygen atoms in total. The van der Waals surface area contributed by atoms with Gasteiger partial charge in [-0.15, -0.1) is 0 Å². The molecule has 0 radical (unpaired) electrons. The number of ether oxygens (including phenoxy) is 3. The number of nitrogens with one attached hydrogen (secondary N) is 1. The molecule has 0 aliphatic rings. The van der Waals surface area contributed by atoms with Gasteiger partial charge < -0.3 is 19.5 Å². The monoisotopic (exact) mass is 360 g/mol. The van der Waals surface area contributed by atoms with Crippen molar-refractivity contribution in [2.45, 2.75) is 13.0 Å². The van der Waals surface area contributed by atoms with Crippen LogP contribution in [0.4, 0.5) is 5.69 Å². The van der Waals surface area contributed by atoms with Crippen molar-refractivity contribution in [3.05, 3.63) is 47.0 Å². The minimum atomic E-state index is -0.789. The Morgan fingerprint density at radius 1 is 1.12 bits per heavy atom. The zero-order chi connectivity index (χ0) is 18.4. The normalized spacial score (nSPS) is 11.2. The van der Waals surface area contributed by atoms with E-state index in [1.165, 1.54) is 14.2 Å². The predicted octanol–water partition coefficient (Wildman–Crippen LogP) is 3.63. The molecule has 25 heavy (non-hydrogen) atoms. The highest BCUT2D eigenvalue weighted by Gasteiger charge is 2.18. The van der Waals surface area contributed by atoms with E-state index >= 15 is 0 Å². The highest BCUT2D eigenvalue weighted by atomic mass is 35.5. The molecule has 0 bridgehead atoms. The minimum Gasteiger partial charge on any atom is -0.495 e. The van der Waals surface area contributed by atoms with Gasteiger partial charge in [-0.2, -0.15) is 5.26 Å². The molecule has 2 aromatic rings. The van der Waals surface area contributed by atoms with Gasteiger partial charge in [-0.05, 0) is 37.3 Å². The largest absolute Gasteiger partial charge is 0.495 e. The Morgan fingerprint density at radius 2 is 1.80 bits per heavy atom. The fourth-order valence-electron chi connectivity index (χ4n) is 2.07. The second-order valence-electron chi connectivity index (χ2n) is 5.08. The number of nitrogens with zero attached hydrogens (tertiary/aromatic N) is 1. The molecule has 0 aliphatic carbocycles. The van der Waals surface area contributed by atoms with Gasteiger partial charge in [-0.25, -0.2) is 0 Å². The maximum absolute atomic E-state index is 12.3. The Hall–Kier alpha value is -2.91. The van der Waals surface area contributed by atoms with E-state index in [9.17, 15) is 4.79 Å². The Kier molecular flexibility index (Phi) is 6.09. The minimum absolute atomic E-state index is 0.354. The van der Waals surface area contributed by atoms with E-state index < -0.39 is 6.10 Å². The van der Waals surface area contributed by atoms with Gasteiger partial charge in [0.1, 0.15) is 5.75 Å². The van der Waals surface area contributed by atoms with Crippen molar-refractivity contribution >= 4 is 23.2 Å². The number of rotatable bonds is 6. The van der Waals surface area contributed by atoms with Crippen LogP contribution in [0.5, 0.6) is 17.2 Å². The molecule has 1 amide bonds. The van der Waals surface area contributed by atoms with E-state index in [0.717, 1.165) is 0 Å². The van der Waals surface area contributed by atoms with Crippen molar-refractivity contribution in [1.29, 1.82) is 5.26 Å². The van der Waals surface area contributed by atoms with Crippen molar-refractivity contribution < 1.29 is 19.0 Å². The van der Waals surface area contributed by atoms with E-state index in [1.54, 1.807) is 43.3 Å². The third-order valence-corrected chi connectivity index (χ3v) is 3.68. The lowest BCUT2D eigenvalue weighted by Crippen LogP contribution is -2.30. The highest BCUT2D eigenvalue weighted by Crippen LogP contribution is 2.30. The number of halogens is 1. The van der Waals surface area contributed by atoms with Crippen LogP contribution in [0.25, 0.3) is 0 Å². The molecule has 7 heteroatoms. The molecule has 2 aromatic carbocycles. The maximum Gasteiger partial charge on any atom is 0.265 e. The smallest absolute Gasteiger partial charge is 0.265 e. The van der Waals surface area contributed by atoms with Crippen molar-refractivity contribution in [1.82, 2.24) is 0 Å². The molecule has 0 spiro atoms. The summed E-state index contributed by atoms with van der Waals surface area (Å²) >= 11 is 6.04. The molecule has 2 rings (SSSR count). The molecule has 1 N–H and O–H groups in total. The van der Waals surface area contributed by atoms with E-state index in [1.807, 2.05) is 6.07 Å². The van der Waals surface area contributed by atoms with E-state index in [0.29, 0.717) is 33.5 Å². The lowest BCUT2D eigenvalue weighted by Gasteiger charge is -2.17. The quantitative estimate of drug-likeness (QED) is 0.850. The topological polar surface area (TPSA) is 80.6 Å². The summed E-state index contributed by atoms with van der Waals surface area (Å²) in [6, 6.07) is 11.7. The van der Waals surface area contributed by atoms with Gasteiger partial charge in [0.2, 0.25) is 0 Å². The molecule has 0 heterocycles. The van der Waals surface area contributed by atoms with Gasteiger partial charge >= 0.3 is 0 Å². The first-order valence-electron chi connectivity index (χ1n) is 7.37. The molecule has 0 unspecified atom stereocenters. The van der Waals surface area contributed by atoms with Crippen LogP contribution in [-0.2, 0) is 4.79 Å². The number of anilines is 1. The van der Waals surface area contributed by atoms with E-state index in [2.05, 4.69) is 5.32 Å². The lowest BCUT2D eigenvalue weighted by atomic mass is 10.2. The van der Waals surface area contributed by atoms with Crippen LogP contribution in [0.15, 0.2) is 36.4 Å². The summed E-state index contributed by atoms with van der Waals surface area (Å²) in [5.41, 5.74) is 0.965. The maximum atomic E-state index is 12.3. The van der Waals surface area contributed by atoms with Gasteiger partial charge in [0, 0.05) is 11.8 Å². The first kappa shape index (κ1) is 18.4. The van der Waals surface area contributed by atoms with E-state index in [4.69, 9.17) is 31.1 Å². The summed E-state index contributed by atoms with van der Waals surface area (Å²) in [5, 5.41) is 12.0. The zero-order valence-corrected chi connectivity index (χ0v) is 14.8. The second-order valence-corrected chi connectivity index (χ2v) is 5.48. The molecule has 130 valence electrons. The van der Waals surface area contributed by atoms with Gasteiger partial charge in [0.15, 0.2) is 17.6 Å². The average Bonchev–Trinajstić information content (AvgIpc) is 2.62. The third kappa shape index (κ3) is 4.55. The standard InChI is InChI=1S/C18H17ClN2O4/c1-11(25-16-6-4-12(10-20)8-17(16)24-3)18(22)21-13-5-7-15(23-2)14(19)9-13/h4-9,11H,1-3H3,(H,21,22)/t11-/m1/s1. The van der Waals surface area contributed by atoms with Gasteiger partial charge in [0.25, 0.3) is 5.91 Å². The van der Waals surface area contributed by atoms with Crippen LogP contribution < -0.4 is 19.5 Å². The average molecular weight is 361 g/mol. The van der Waals surface area contributed by atoms with Crippen LogP contribution in [0.2, 0.25) is 5.02 Å². The number of carbonyl (C=O) groups excluding carboxylic acids is 1. The SMILES string of the molecule is COc1ccc(NC(=O)[C@@H](C)Oc2ccc(C#N)cc2OC)cc1Cl. The first-order valence-corrected chi connectivity index (χ1v) is 7.75. The Bertz CT molecular complexity index is 817. The molecule has 0 aliphatic heterocycles. The van der Waals surface area contributed by atoms with Crippen LogP contribution in [0, 0.1) is 11.3 Å². The summed E-state index contributed by atoms with van der Waals surface area (Å²) in [7, 11) is 2.98. The number of amides is 1. The number of hydrogen-bond acceptors (Lipinski definition) is 5. The first-order chi connectivity index (χ1) is 12.0. The molecule has 0 aromatic heterocycles. The van der Waals surface area contributed by atoms with Crippen LogP contribution >= 0.6 is 11.6 Å². The summed E-state index contributed by atoms with van der Waals surface area (Å²) in [6.45, 7) is 1.61. The van der Waals surface area contributed by atoms with Crippen molar-refractivity contribution in [2.75, 3.05) is 19.5 Å². The Morgan fingerprint density at radius 3 is 2.40 bits per heavy atom. The summed E-state index contributed by atoms with van der Waals surface area (Å²) in [4.78, 5) is 12.3. The lowest BCUT2D eigenvalue weighted by molar-refractivity contribution is -0.122. The van der Waals surface area contributed by atoms with Crippen LogP contribution in [-0.4, -0.2) is 26.2 Å². The van der Waals surface area contributed by atoms with Crippen molar-refractivity contribution in [3.8, 4) is 23.3 Å². The summed E-state index contributed by atoms with van der Waals surface area (Å²) < 4.78 is 15.9. The Labute approximate surface area is 150 Å². The predicted molar refractivity (Wildman–Crippen MR) is 94.4 cm³/mol. The molecule has 0 fully saturated rings. The fourth-order valence-corrected chi connectivity index (χ4v) is 2.32. The van der Waals surface area contributed by atoms with Crippen LogP contribution in [0.1, 0.15) is 12.5 Å². The summed E-state index contributed by atoms with van der Waals surface area (Å²) in [6.07, 6.45) is -0.789. The Balaban J connectivity index is 2.08. The summed E-state index contributed by atoms with van der Waals surface area (Å²) in [5.74, 6) is 0.919. The number of carbonyl (C=O) groups is 1. The molecule has 1 atom stereocenters. The van der Waals surface area contributed by atoms with Crippen molar-refractivity contribution in [3.63, 3.8) is 0 Å². The molecular formula is C18H17ClN2O4. The number of nitriles is 1. The molecule has 0 saturated heterocycles. The van der Waals surface area contributed by atoms with Gasteiger partial charge in [-0.1, -0.05) is 11.6 Å². The number of methoxy groups -OCH3 is 2. The highest BCUT2D eigenvalue weighted by molar-refractivity contribution is 6.32. The van der Waals surface area contributed by atoms with E-state index in [-0.39, 0.29) is 5.91 Å². The number of benzene rings is 2. The van der Waals surface area contributed by atoms with Gasteiger partial charge in [0.05, 0.1) is 30.9 Å². The zero-order valence-electron chi connectivity index (χ0n) is 14.0. The fraction of sp³-hybridized carbons (Fsp3) is 0.222.